The summed E-state index contributed by atoms with van der Waals surface area (Å²) in [6.45, 7) is 6.36. The summed E-state index contributed by atoms with van der Waals surface area (Å²) in [6.07, 6.45) is 85.9. The summed E-state index contributed by atoms with van der Waals surface area (Å²) in [6, 6.07) is 0. The molecule has 0 bridgehead atoms. The fraction of sp³-hybridized carbons (Fsp3) is 0.632. The Labute approximate surface area is 455 Å². The van der Waals surface area contributed by atoms with Crippen LogP contribution in [0.25, 0.3) is 0 Å². The minimum Gasteiger partial charge on any atom is -0.462 e. The second-order valence-electron chi connectivity index (χ2n) is 19.7. The van der Waals surface area contributed by atoms with E-state index in [-0.39, 0.29) is 37.5 Å². The summed E-state index contributed by atoms with van der Waals surface area (Å²) in [5.74, 6) is -1.02. The molecule has 0 saturated heterocycles. The Morgan fingerprint density at radius 3 is 1.05 bits per heavy atom. The molecule has 0 fully saturated rings. The Morgan fingerprint density at radius 1 is 0.297 bits per heavy atom. The van der Waals surface area contributed by atoms with Gasteiger partial charge >= 0.3 is 17.9 Å². The molecule has 0 aliphatic carbocycles. The van der Waals surface area contributed by atoms with Crippen molar-refractivity contribution < 1.29 is 28.6 Å². The average Bonchev–Trinajstić information content (AvgIpc) is 3.40. The van der Waals surface area contributed by atoms with E-state index < -0.39 is 6.10 Å². The van der Waals surface area contributed by atoms with Gasteiger partial charge in [0.2, 0.25) is 0 Å². The largest absolute Gasteiger partial charge is 0.462 e. The summed E-state index contributed by atoms with van der Waals surface area (Å²) < 4.78 is 16.8. The van der Waals surface area contributed by atoms with Gasteiger partial charge in [-0.2, -0.15) is 0 Å². The molecule has 74 heavy (non-hydrogen) atoms. The van der Waals surface area contributed by atoms with E-state index in [1.165, 1.54) is 109 Å². The number of carbonyl (C=O) groups is 3. The van der Waals surface area contributed by atoms with E-state index in [9.17, 15) is 14.4 Å². The van der Waals surface area contributed by atoms with E-state index in [4.69, 9.17) is 14.2 Å². The van der Waals surface area contributed by atoms with Gasteiger partial charge in [0.1, 0.15) is 13.2 Å². The second kappa shape index (κ2) is 61.1. The first-order valence-corrected chi connectivity index (χ1v) is 30.3. The molecule has 0 aliphatic rings. The molecular weight excluding hydrogens is 913 g/mol. The standard InChI is InChI=1S/C68H110O6/c1-4-7-10-13-16-19-22-25-28-31-34-37-40-43-46-49-52-55-58-61-67(70)73-64-65(63-72-66(69)60-57-54-51-48-45-42-39-36-33-30-27-24-21-18-15-12-9-6-3)74-68(71)62-59-56-53-50-47-44-41-38-35-32-29-26-23-20-17-14-11-8-5-2/h7,10,12,15-16,18-19,21,24-25,27-28,30,33-34,36-37,39,43,46,52,55,65H,4-6,8-9,11,13-14,17,20,22-23,26,29,31-32,35,38,40-42,44-45,47-51,53-54,56-64H2,1-3H3/b10-7-,15-12-,19-16-,21-18-,27-24-,28-25-,33-30-,37-34-,39-36-,46-43-,55-52-. The highest BCUT2D eigenvalue weighted by Gasteiger charge is 2.19. The first-order chi connectivity index (χ1) is 36.5. The lowest BCUT2D eigenvalue weighted by molar-refractivity contribution is -0.166. The summed E-state index contributed by atoms with van der Waals surface area (Å²) in [7, 11) is 0. The highest BCUT2D eigenvalue weighted by molar-refractivity contribution is 5.71. The first-order valence-electron chi connectivity index (χ1n) is 30.3. The maximum atomic E-state index is 12.9. The average molecular weight is 1020 g/mol. The molecule has 0 N–H and O–H groups in total. The number of unbranched alkanes of at least 4 members (excludes halogenated alkanes) is 24. The van der Waals surface area contributed by atoms with Crippen LogP contribution >= 0.6 is 0 Å². The highest BCUT2D eigenvalue weighted by atomic mass is 16.6. The van der Waals surface area contributed by atoms with E-state index in [1.54, 1.807) is 0 Å². The Hall–Kier alpha value is -4.45. The number of esters is 3. The molecule has 0 amide bonds. The maximum absolute atomic E-state index is 12.9. The van der Waals surface area contributed by atoms with Gasteiger partial charge in [-0.15, -0.1) is 0 Å². The summed E-state index contributed by atoms with van der Waals surface area (Å²) in [5, 5.41) is 0. The van der Waals surface area contributed by atoms with Crippen molar-refractivity contribution in [1.29, 1.82) is 0 Å². The van der Waals surface area contributed by atoms with E-state index >= 15 is 0 Å². The molecule has 0 rings (SSSR count). The molecule has 0 radical (unpaired) electrons. The minimum atomic E-state index is -0.824. The highest BCUT2D eigenvalue weighted by Crippen LogP contribution is 2.16. The molecule has 6 nitrogen and oxygen atoms in total. The quantitative estimate of drug-likeness (QED) is 0.0199. The Balaban J connectivity index is 4.55. The van der Waals surface area contributed by atoms with Crippen molar-refractivity contribution in [2.75, 3.05) is 13.2 Å². The van der Waals surface area contributed by atoms with Gasteiger partial charge in [-0.05, 0) is 77.0 Å². The van der Waals surface area contributed by atoms with Crippen molar-refractivity contribution in [2.24, 2.45) is 0 Å². The molecule has 0 heterocycles. The molecule has 0 spiro atoms. The lowest BCUT2D eigenvalue weighted by Gasteiger charge is -2.18. The summed E-state index contributed by atoms with van der Waals surface area (Å²) in [4.78, 5) is 38.2. The van der Waals surface area contributed by atoms with Crippen LogP contribution in [0.5, 0.6) is 0 Å². The number of ether oxygens (including phenoxy) is 3. The van der Waals surface area contributed by atoms with Crippen LogP contribution in [-0.4, -0.2) is 37.2 Å². The third-order valence-corrected chi connectivity index (χ3v) is 12.5. The van der Waals surface area contributed by atoms with Gasteiger partial charge in [-0.25, -0.2) is 0 Å². The van der Waals surface area contributed by atoms with Gasteiger partial charge in [0.25, 0.3) is 0 Å². The minimum absolute atomic E-state index is 0.117. The van der Waals surface area contributed by atoms with E-state index in [1.807, 2.05) is 30.4 Å². The monoisotopic (exact) mass is 1020 g/mol. The SMILES string of the molecule is CC/C=C\C/C=C\C/C=C\C/C=C\C/C=C\C/C=C\CCC(=O)OCC(COC(=O)CCCCCCC\C=C/C=C\C=C/C=C\C=C/CCC)OC(=O)CCCCCCCCCCCCCCCCCCCCC. The number of hydrogen-bond donors (Lipinski definition) is 0. The molecule has 0 aromatic heterocycles. The van der Waals surface area contributed by atoms with Crippen molar-refractivity contribution in [1.82, 2.24) is 0 Å². The molecule has 6 heteroatoms. The van der Waals surface area contributed by atoms with Crippen LogP contribution in [0.4, 0.5) is 0 Å². The first kappa shape index (κ1) is 69.5. The van der Waals surface area contributed by atoms with Crippen molar-refractivity contribution in [3.63, 3.8) is 0 Å². The van der Waals surface area contributed by atoms with Crippen LogP contribution in [0.2, 0.25) is 0 Å². The van der Waals surface area contributed by atoms with Gasteiger partial charge in [0, 0.05) is 19.3 Å². The normalized spacial score (nSPS) is 13.1. The molecule has 418 valence electrons. The Kier molecular flexibility index (Phi) is 57.4. The molecule has 1 atom stereocenters. The molecule has 0 aromatic rings. The fourth-order valence-electron chi connectivity index (χ4n) is 8.03. The lowest BCUT2D eigenvalue weighted by atomic mass is 10.0. The number of hydrogen-bond acceptors (Lipinski definition) is 6. The zero-order valence-corrected chi connectivity index (χ0v) is 47.8. The predicted octanol–water partition coefficient (Wildman–Crippen LogP) is 20.6. The lowest BCUT2D eigenvalue weighted by Crippen LogP contribution is -2.30. The van der Waals surface area contributed by atoms with Crippen molar-refractivity contribution >= 4 is 17.9 Å². The number of rotatable bonds is 53. The summed E-state index contributed by atoms with van der Waals surface area (Å²) >= 11 is 0. The van der Waals surface area contributed by atoms with Crippen LogP contribution in [-0.2, 0) is 28.6 Å². The third-order valence-electron chi connectivity index (χ3n) is 12.5. The third kappa shape index (κ3) is 58.4. The number of carbonyl (C=O) groups excluding carboxylic acids is 3. The van der Waals surface area contributed by atoms with Crippen LogP contribution in [0, 0.1) is 0 Å². The van der Waals surface area contributed by atoms with Gasteiger partial charge in [-0.3, -0.25) is 14.4 Å². The van der Waals surface area contributed by atoms with Crippen LogP contribution in [0.1, 0.15) is 258 Å². The zero-order chi connectivity index (χ0) is 53.6. The van der Waals surface area contributed by atoms with Gasteiger partial charge in [0.05, 0.1) is 0 Å². The topological polar surface area (TPSA) is 78.9 Å². The van der Waals surface area contributed by atoms with Gasteiger partial charge in [0.15, 0.2) is 6.10 Å². The van der Waals surface area contributed by atoms with E-state index in [0.29, 0.717) is 19.3 Å². The smallest absolute Gasteiger partial charge is 0.306 e. The Morgan fingerprint density at radius 2 is 0.635 bits per heavy atom. The molecule has 1 unspecified atom stereocenters. The summed E-state index contributed by atoms with van der Waals surface area (Å²) in [5.41, 5.74) is 0. The molecular formula is C68H110O6. The fourth-order valence-corrected chi connectivity index (χ4v) is 8.03. The molecule has 0 saturated carbocycles. The van der Waals surface area contributed by atoms with E-state index in [0.717, 1.165) is 103 Å². The zero-order valence-electron chi connectivity index (χ0n) is 47.8. The van der Waals surface area contributed by atoms with Gasteiger partial charge in [-0.1, -0.05) is 296 Å². The van der Waals surface area contributed by atoms with Crippen molar-refractivity contribution in [3.8, 4) is 0 Å². The van der Waals surface area contributed by atoms with Crippen molar-refractivity contribution in [2.45, 2.75) is 264 Å². The molecule has 0 aliphatic heterocycles. The molecule has 0 aromatic carbocycles. The van der Waals surface area contributed by atoms with Crippen LogP contribution < -0.4 is 0 Å². The van der Waals surface area contributed by atoms with Crippen LogP contribution in [0.3, 0.4) is 0 Å². The van der Waals surface area contributed by atoms with Crippen molar-refractivity contribution in [3.05, 3.63) is 134 Å². The second-order valence-corrected chi connectivity index (χ2v) is 19.7. The van der Waals surface area contributed by atoms with E-state index in [2.05, 4.69) is 124 Å². The Bertz CT molecular complexity index is 1600. The number of allylic oxidation sites excluding steroid dienone is 22. The van der Waals surface area contributed by atoms with Gasteiger partial charge < -0.3 is 14.2 Å². The predicted molar refractivity (Wildman–Crippen MR) is 320 cm³/mol. The van der Waals surface area contributed by atoms with Crippen LogP contribution in [0.15, 0.2) is 134 Å². The maximum Gasteiger partial charge on any atom is 0.306 e.